The van der Waals surface area contributed by atoms with Crippen LogP contribution in [0.5, 0.6) is 11.5 Å². The highest BCUT2D eigenvalue weighted by Crippen LogP contribution is 2.35. The van der Waals surface area contributed by atoms with Crippen molar-refractivity contribution in [2.75, 3.05) is 12.1 Å². The van der Waals surface area contributed by atoms with Crippen molar-refractivity contribution in [1.29, 1.82) is 0 Å². The summed E-state index contributed by atoms with van der Waals surface area (Å²) in [4.78, 5) is 33.9. The summed E-state index contributed by atoms with van der Waals surface area (Å²) >= 11 is 0. The van der Waals surface area contributed by atoms with Crippen LogP contribution in [-0.4, -0.2) is 49.5 Å². The Morgan fingerprint density at radius 3 is 2.82 bits per heavy atom. The van der Waals surface area contributed by atoms with Gasteiger partial charge in [0.05, 0.1) is 5.52 Å². The van der Waals surface area contributed by atoms with E-state index in [4.69, 9.17) is 9.47 Å². The van der Waals surface area contributed by atoms with Gasteiger partial charge in [-0.25, -0.2) is 4.68 Å². The number of anilines is 1. The fourth-order valence-electron chi connectivity index (χ4n) is 5.19. The number of fused-ring (bicyclic) bond motifs is 2. The molecule has 1 N–H and O–H groups in total. The number of benzene rings is 2. The first-order valence-corrected chi connectivity index (χ1v) is 13.0. The number of nitrogens with one attached hydrogen (secondary N) is 1. The molecule has 198 valence electrons. The third-order valence-electron chi connectivity index (χ3n) is 7.10. The van der Waals surface area contributed by atoms with Gasteiger partial charge < -0.3 is 19.7 Å². The molecule has 2 aliphatic rings. The van der Waals surface area contributed by atoms with Crippen LogP contribution >= 0.6 is 0 Å². The molecular formula is C29H28N6O4. The number of ether oxygens (including phenoxy) is 2. The van der Waals surface area contributed by atoms with Gasteiger partial charge in [-0.2, -0.15) is 0 Å². The van der Waals surface area contributed by atoms with Crippen LogP contribution in [0.25, 0.3) is 11.0 Å². The predicted octanol–water partition coefficient (Wildman–Crippen LogP) is 3.95. The zero-order chi connectivity index (χ0) is 26.6. The molecule has 1 aliphatic heterocycles. The molecule has 0 saturated heterocycles. The summed E-state index contributed by atoms with van der Waals surface area (Å²) in [6, 6.07) is 15.8. The smallest absolute Gasteiger partial charge is 0.247 e. The third kappa shape index (κ3) is 5.31. The minimum Gasteiger partial charge on any atom is -0.454 e. The average Bonchev–Trinajstić information content (AvgIpc) is 3.61. The molecule has 2 aromatic carbocycles. The van der Waals surface area contributed by atoms with Crippen molar-refractivity contribution < 1.29 is 19.1 Å². The van der Waals surface area contributed by atoms with Gasteiger partial charge in [0.1, 0.15) is 18.1 Å². The van der Waals surface area contributed by atoms with Crippen LogP contribution < -0.4 is 14.8 Å². The van der Waals surface area contributed by atoms with E-state index in [2.05, 4.69) is 32.8 Å². The van der Waals surface area contributed by atoms with Gasteiger partial charge in [0, 0.05) is 30.7 Å². The van der Waals surface area contributed by atoms with Gasteiger partial charge >= 0.3 is 0 Å². The zero-order valence-corrected chi connectivity index (χ0v) is 21.3. The highest BCUT2D eigenvalue weighted by molar-refractivity contribution is 5.98. The first-order chi connectivity index (χ1) is 19.2. The van der Waals surface area contributed by atoms with Gasteiger partial charge in [-0.3, -0.25) is 14.6 Å². The summed E-state index contributed by atoms with van der Waals surface area (Å²) in [6.07, 6.45) is 9.96. The van der Waals surface area contributed by atoms with E-state index in [1.54, 1.807) is 40.2 Å². The minimum absolute atomic E-state index is 0.0445. The molecule has 0 radical (unpaired) electrons. The fraction of sp³-hybridized carbons (Fsp3) is 0.276. The number of nitrogens with zero attached hydrogens (tertiary/aromatic N) is 5. The van der Waals surface area contributed by atoms with Crippen molar-refractivity contribution in [3.63, 3.8) is 0 Å². The molecule has 2 unspecified atom stereocenters. The van der Waals surface area contributed by atoms with Gasteiger partial charge in [-0.05, 0) is 61.1 Å². The van der Waals surface area contributed by atoms with E-state index < -0.39 is 6.04 Å². The average molecular weight is 525 g/mol. The van der Waals surface area contributed by atoms with E-state index in [1.165, 1.54) is 0 Å². The summed E-state index contributed by atoms with van der Waals surface area (Å²) in [7, 11) is 0. The summed E-state index contributed by atoms with van der Waals surface area (Å²) in [5.41, 5.74) is 2.88. The van der Waals surface area contributed by atoms with Crippen LogP contribution in [-0.2, 0) is 22.7 Å². The Morgan fingerprint density at radius 2 is 1.97 bits per heavy atom. The van der Waals surface area contributed by atoms with Crippen molar-refractivity contribution in [2.24, 2.45) is 5.92 Å². The van der Waals surface area contributed by atoms with Crippen LogP contribution in [0.15, 0.2) is 79.1 Å². The second-order valence-electron chi connectivity index (χ2n) is 9.67. The largest absolute Gasteiger partial charge is 0.454 e. The first kappa shape index (κ1) is 24.6. The summed E-state index contributed by atoms with van der Waals surface area (Å²) in [5, 5.41) is 11.4. The number of carbonyl (C=O) groups is 2. The summed E-state index contributed by atoms with van der Waals surface area (Å²) in [6.45, 7) is 0.337. The molecule has 2 atom stereocenters. The highest BCUT2D eigenvalue weighted by Gasteiger charge is 2.37. The quantitative estimate of drug-likeness (QED) is 0.348. The van der Waals surface area contributed by atoms with Crippen LogP contribution in [0.2, 0.25) is 0 Å². The maximum atomic E-state index is 14.0. The Hall–Kier alpha value is -4.73. The minimum atomic E-state index is -0.720. The molecule has 39 heavy (non-hydrogen) atoms. The van der Waals surface area contributed by atoms with E-state index in [0.717, 1.165) is 23.9 Å². The number of pyridine rings is 1. The van der Waals surface area contributed by atoms with Gasteiger partial charge in [0.25, 0.3) is 0 Å². The van der Waals surface area contributed by atoms with E-state index in [9.17, 15) is 9.59 Å². The molecule has 2 aromatic heterocycles. The van der Waals surface area contributed by atoms with Crippen LogP contribution in [0.1, 0.15) is 24.8 Å². The molecule has 0 saturated carbocycles. The number of aromatic nitrogens is 4. The standard InChI is InChI=1S/C29H28N6O4/c36-27(18-35-24-11-5-4-10-23(24)32-33-35)34(17-20-7-6-14-30-16-20)28(21-8-2-1-3-9-21)29(37)31-22-12-13-25-26(15-22)39-19-38-25/h1-2,4-7,10-16,21,28H,3,8-9,17-19H2,(H,31,37). The Balaban J connectivity index is 1.33. The van der Waals surface area contributed by atoms with Gasteiger partial charge in [0.15, 0.2) is 11.5 Å². The number of allylic oxidation sites excluding steroid dienone is 2. The Kier molecular flexibility index (Phi) is 6.90. The molecule has 0 spiro atoms. The van der Waals surface area contributed by atoms with Crippen molar-refractivity contribution in [1.82, 2.24) is 24.9 Å². The van der Waals surface area contributed by atoms with Crippen LogP contribution in [0, 0.1) is 5.92 Å². The normalized spacial score (nSPS) is 16.7. The molecule has 6 rings (SSSR count). The van der Waals surface area contributed by atoms with E-state index in [1.807, 2.05) is 36.4 Å². The number of rotatable bonds is 8. The van der Waals surface area contributed by atoms with Crippen molar-refractivity contribution in [3.8, 4) is 11.5 Å². The summed E-state index contributed by atoms with van der Waals surface area (Å²) in [5.74, 6) is 0.670. The lowest BCUT2D eigenvalue weighted by atomic mass is 9.85. The molecule has 0 fully saturated rings. The monoisotopic (exact) mass is 524 g/mol. The van der Waals surface area contributed by atoms with Gasteiger partial charge in [-0.15, -0.1) is 5.10 Å². The van der Waals surface area contributed by atoms with E-state index >= 15 is 0 Å². The number of hydrogen-bond donors (Lipinski definition) is 1. The van der Waals surface area contributed by atoms with Crippen LogP contribution in [0.3, 0.4) is 0 Å². The molecular weight excluding hydrogens is 496 g/mol. The maximum Gasteiger partial charge on any atom is 0.247 e. The second-order valence-corrected chi connectivity index (χ2v) is 9.67. The molecule has 2 amide bonds. The topological polar surface area (TPSA) is 111 Å². The van der Waals surface area contributed by atoms with Crippen LogP contribution in [0.4, 0.5) is 5.69 Å². The number of carbonyl (C=O) groups excluding carboxylic acids is 2. The number of amides is 2. The molecule has 10 heteroatoms. The highest BCUT2D eigenvalue weighted by atomic mass is 16.7. The lowest BCUT2D eigenvalue weighted by Crippen LogP contribution is -2.52. The molecule has 0 bridgehead atoms. The fourth-order valence-corrected chi connectivity index (χ4v) is 5.19. The molecule has 4 aromatic rings. The van der Waals surface area contributed by atoms with Gasteiger partial charge in [-0.1, -0.05) is 35.6 Å². The van der Waals surface area contributed by atoms with Gasteiger partial charge in [0.2, 0.25) is 18.6 Å². The SMILES string of the molecule is O=C(Nc1ccc2c(c1)OCO2)C(C1CC=CCC1)N(Cc1cccnc1)C(=O)Cn1nnc2ccccc21. The Bertz CT molecular complexity index is 1520. The zero-order valence-electron chi connectivity index (χ0n) is 21.3. The van der Waals surface area contributed by atoms with Crippen molar-refractivity contribution in [2.45, 2.75) is 38.4 Å². The third-order valence-corrected chi connectivity index (χ3v) is 7.10. The number of hydrogen-bond acceptors (Lipinski definition) is 7. The van der Waals surface area contributed by atoms with E-state index in [0.29, 0.717) is 29.1 Å². The van der Waals surface area contributed by atoms with Crippen molar-refractivity contribution in [3.05, 3.63) is 84.7 Å². The number of para-hydroxylation sites is 1. The maximum absolute atomic E-state index is 14.0. The second kappa shape index (κ2) is 10.9. The summed E-state index contributed by atoms with van der Waals surface area (Å²) < 4.78 is 12.5. The molecule has 1 aliphatic carbocycles. The Morgan fingerprint density at radius 1 is 1.08 bits per heavy atom. The lowest BCUT2D eigenvalue weighted by Gasteiger charge is -2.37. The van der Waals surface area contributed by atoms with Crippen molar-refractivity contribution >= 4 is 28.5 Å². The van der Waals surface area contributed by atoms with E-state index in [-0.39, 0.29) is 37.6 Å². The lowest BCUT2D eigenvalue weighted by molar-refractivity contribution is -0.142. The first-order valence-electron chi connectivity index (χ1n) is 13.0. The Labute approximate surface area is 225 Å². The molecule has 3 heterocycles. The molecule has 10 nitrogen and oxygen atoms in total. The predicted molar refractivity (Wildman–Crippen MR) is 144 cm³/mol.